The first-order valence-corrected chi connectivity index (χ1v) is 4.85. The van der Waals surface area contributed by atoms with Gasteiger partial charge >= 0.3 is 0 Å². The third-order valence-electron chi connectivity index (χ3n) is 1.46. The van der Waals surface area contributed by atoms with E-state index in [1.165, 1.54) is 0 Å². The Morgan fingerprint density at radius 3 is 2.55 bits per heavy atom. The minimum absolute atomic E-state index is 0.0313. The van der Waals surface area contributed by atoms with Crippen LogP contribution in [0.3, 0.4) is 0 Å². The molecule has 1 aliphatic heterocycles. The van der Waals surface area contributed by atoms with E-state index < -0.39 is 22.0 Å². The van der Waals surface area contributed by atoms with Crippen molar-refractivity contribution in [3.63, 3.8) is 0 Å². The second kappa shape index (κ2) is 3.06. The molecule has 1 rings (SSSR count). The molecule has 0 aliphatic carbocycles. The molecule has 11 heavy (non-hydrogen) atoms. The second-order valence-corrected chi connectivity index (χ2v) is 4.09. The summed E-state index contributed by atoms with van der Waals surface area (Å²) in [5, 5.41) is 9.05. The van der Waals surface area contributed by atoms with Gasteiger partial charge in [0.1, 0.15) is 6.10 Å². The van der Waals surface area contributed by atoms with E-state index in [9.17, 15) is 8.42 Å². The molecule has 6 heteroatoms. The molecule has 0 aromatic carbocycles. The van der Waals surface area contributed by atoms with Gasteiger partial charge in [-0.2, -0.15) is 8.42 Å². The minimum atomic E-state index is -3.94. The van der Waals surface area contributed by atoms with Gasteiger partial charge in [-0.3, -0.25) is 4.55 Å². The van der Waals surface area contributed by atoms with Crippen LogP contribution in [0.2, 0.25) is 0 Å². The van der Waals surface area contributed by atoms with Gasteiger partial charge in [-0.1, -0.05) is 0 Å². The summed E-state index contributed by atoms with van der Waals surface area (Å²) in [6.07, 6.45) is -0.961. The fourth-order valence-corrected chi connectivity index (χ4v) is 1.27. The van der Waals surface area contributed by atoms with Gasteiger partial charge in [0.2, 0.25) is 0 Å². The van der Waals surface area contributed by atoms with Crippen molar-refractivity contribution in [3.05, 3.63) is 0 Å². The summed E-state index contributed by atoms with van der Waals surface area (Å²) in [5.74, 6) is -0.409. The van der Waals surface area contributed by atoms with Crippen LogP contribution in [-0.2, 0) is 14.9 Å². The lowest BCUT2D eigenvalue weighted by molar-refractivity contribution is 0.131. The number of hydrogen-bond acceptors (Lipinski definition) is 4. The number of rotatable bonds is 4. The molecule has 0 amide bonds. The van der Waals surface area contributed by atoms with Gasteiger partial charge in [-0.05, 0) is 6.42 Å². The minimum Gasteiger partial charge on any atom is -0.390 e. The van der Waals surface area contributed by atoms with E-state index in [4.69, 9.17) is 14.4 Å². The molecule has 0 spiro atoms. The predicted octanol–water partition coefficient (Wildman–Crippen LogP) is -0.976. The average molecular weight is 182 g/mol. The molecular formula is C5H10O5S. The van der Waals surface area contributed by atoms with E-state index in [-0.39, 0.29) is 12.5 Å². The van der Waals surface area contributed by atoms with E-state index in [0.29, 0.717) is 6.61 Å². The number of epoxide rings is 1. The van der Waals surface area contributed by atoms with Crippen LogP contribution in [0.1, 0.15) is 6.42 Å². The lowest BCUT2D eigenvalue weighted by Gasteiger charge is -2.03. The normalized spacial score (nSPS) is 26.5. The summed E-state index contributed by atoms with van der Waals surface area (Å²) >= 11 is 0. The molecule has 2 atom stereocenters. The standard InChI is InChI=1S/C5H10O5S/c6-4(5-3-10-5)1-2-11(7,8)9/h4-6H,1-3H2,(H,7,8,9)/t4-,5?/m0/s1. The van der Waals surface area contributed by atoms with Crippen LogP contribution in [-0.4, -0.2) is 42.6 Å². The number of aliphatic hydroxyl groups excluding tert-OH is 1. The Bertz CT molecular complexity index is 217. The van der Waals surface area contributed by atoms with E-state index in [2.05, 4.69) is 0 Å². The number of hydrogen-bond donors (Lipinski definition) is 2. The maximum absolute atomic E-state index is 10.2. The van der Waals surface area contributed by atoms with Crippen LogP contribution in [0.25, 0.3) is 0 Å². The lowest BCUT2D eigenvalue weighted by atomic mass is 10.2. The van der Waals surface area contributed by atoms with Gasteiger partial charge < -0.3 is 9.84 Å². The maximum atomic E-state index is 10.2. The zero-order valence-electron chi connectivity index (χ0n) is 5.80. The third kappa shape index (κ3) is 3.66. The summed E-state index contributed by atoms with van der Waals surface area (Å²) in [6, 6.07) is 0. The van der Waals surface area contributed by atoms with Crippen molar-refractivity contribution in [1.82, 2.24) is 0 Å². The van der Waals surface area contributed by atoms with E-state index >= 15 is 0 Å². The zero-order valence-corrected chi connectivity index (χ0v) is 6.62. The van der Waals surface area contributed by atoms with Crippen LogP contribution in [0.4, 0.5) is 0 Å². The van der Waals surface area contributed by atoms with Crippen LogP contribution in [0.15, 0.2) is 0 Å². The Morgan fingerprint density at radius 2 is 2.18 bits per heavy atom. The molecule has 1 aliphatic rings. The monoisotopic (exact) mass is 182 g/mol. The fraction of sp³-hybridized carbons (Fsp3) is 1.00. The Morgan fingerprint density at radius 1 is 1.64 bits per heavy atom. The summed E-state index contributed by atoms with van der Waals surface area (Å²) in [6.45, 7) is 0.479. The highest BCUT2D eigenvalue weighted by Crippen LogP contribution is 2.16. The van der Waals surface area contributed by atoms with Gasteiger partial charge in [-0.15, -0.1) is 0 Å². The van der Waals surface area contributed by atoms with E-state index in [1.54, 1.807) is 0 Å². The van der Waals surface area contributed by atoms with Crippen molar-refractivity contribution < 1.29 is 22.8 Å². The van der Waals surface area contributed by atoms with Crippen LogP contribution >= 0.6 is 0 Å². The Balaban J connectivity index is 2.21. The highest BCUT2D eigenvalue weighted by molar-refractivity contribution is 7.85. The smallest absolute Gasteiger partial charge is 0.264 e. The molecule has 0 aromatic rings. The molecule has 1 fully saturated rings. The van der Waals surface area contributed by atoms with Gasteiger partial charge in [0.15, 0.2) is 0 Å². The topological polar surface area (TPSA) is 87.1 Å². The molecule has 1 heterocycles. The van der Waals surface area contributed by atoms with Crippen LogP contribution in [0, 0.1) is 0 Å². The van der Waals surface area contributed by atoms with Crippen molar-refractivity contribution in [3.8, 4) is 0 Å². The molecule has 0 radical (unpaired) electrons. The van der Waals surface area contributed by atoms with Gasteiger partial charge in [0.05, 0.1) is 18.5 Å². The first-order valence-electron chi connectivity index (χ1n) is 3.24. The third-order valence-corrected chi connectivity index (χ3v) is 2.21. The maximum Gasteiger partial charge on any atom is 0.264 e. The lowest BCUT2D eigenvalue weighted by Crippen LogP contribution is -2.19. The predicted molar refractivity (Wildman–Crippen MR) is 36.8 cm³/mol. The SMILES string of the molecule is O=S(=O)(O)CC[C@H](O)C1CO1. The quantitative estimate of drug-likeness (QED) is 0.431. The highest BCUT2D eigenvalue weighted by Gasteiger charge is 2.31. The summed E-state index contributed by atoms with van der Waals surface area (Å²) in [7, 11) is -3.94. The van der Waals surface area contributed by atoms with Crippen molar-refractivity contribution in [2.75, 3.05) is 12.4 Å². The summed E-state index contributed by atoms with van der Waals surface area (Å²) in [5.41, 5.74) is 0. The second-order valence-electron chi connectivity index (χ2n) is 2.51. The molecule has 0 saturated carbocycles. The van der Waals surface area contributed by atoms with E-state index in [1.807, 2.05) is 0 Å². The van der Waals surface area contributed by atoms with Crippen molar-refractivity contribution in [2.24, 2.45) is 0 Å². The average Bonchev–Trinajstić information content (AvgIpc) is 2.61. The van der Waals surface area contributed by atoms with Crippen molar-refractivity contribution >= 4 is 10.1 Å². The van der Waals surface area contributed by atoms with Crippen molar-refractivity contribution in [2.45, 2.75) is 18.6 Å². The Kier molecular flexibility index (Phi) is 2.48. The molecule has 0 aromatic heterocycles. The van der Waals surface area contributed by atoms with E-state index in [0.717, 1.165) is 0 Å². The molecular weight excluding hydrogens is 172 g/mol. The Labute approximate surface area is 64.7 Å². The molecule has 1 saturated heterocycles. The Hall–Kier alpha value is -0.170. The molecule has 2 N–H and O–H groups in total. The molecule has 5 nitrogen and oxygen atoms in total. The first-order chi connectivity index (χ1) is 4.99. The molecule has 1 unspecified atom stereocenters. The van der Waals surface area contributed by atoms with Gasteiger partial charge in [0, 0.05) is 0 Å². The summed E-state index contributed by atoms with van der Waals surface area (Å²) in [4.78, 5) is 0. The number of ether oxygens (including phenoxy) is 1. The van der Waals surface area contributed by atoms with Crippen LogP contribution in [0.5, 0.6) is 0 Å². The zero-order chi connectivity index (χ0) is 8.48. The first kappa shape index (κ1) is 8.92. The van der Waals surface area contributed by atoms with Gasteiger partial charge in [0.25, 0.3) is 10.1 Å². The highest BCUT2D eigenvalue weighted by atomic mass is 32.2. The molecule has 0 bridgehead atoms. The van der Waals surface area contributed by atoms with Crippen molar-refractivity contribution in [1.29, 1.82) is 0 Å². The number of aliphatic hydroxyl groups is 1. The van der Waals surface area contributed by atoms with Crippen LogP contribution < -0.4 is 0 Å². The fourth-order valence-electron chi connectivity index (χ4n) is 0.733. The van der Waals surface area contributed by atoms with Gasteiger partial charge in [-0.25, -0.2) is 0 Å². The molecule has 66 valence electrons. The largest absolute Gasteiger partial charge is 0.390 e. The summed E-state index contributed by atoms with van der Waals surface area (Å²) < 4.78 is 33.4.